The monoisotopic (exact) mass is 743 g/mol. The highest BCUT2D eigenvalue weighted by molar-refractivity contribution is 7.26. The number of aromatic nitrogens is 3. The summed E-state index contributed by atoms with van der Waals surface area (Å²) in [6.45, 7) is 0. The summed E-state index contributed by atoms with van der Waals surface area (Å²) < 4.78 is 7.52. The lowest BCUT2D eigenvalue weighted by Crippen LogP contribution is -2.03. The summed E-state index contributed by atoms with van der Waals surface area (Å²) in [5.41, 5.74) is 13.4. The van der Waals surface area contributed by atoms with Crippen LogP contribution in [0.15, 0.2) is 200 Å². The van der Waals surface area contributed by atoms with E-state index in [9.17, 15) is 0 Å². The van der Waals surface area contributed by atoms with Gasteiger partial charge in [0.1, 0.15) is 0 Å². The summed E-state index contributed by atoms with van der Waals surface area (Å²) in [6, 6.07) is 72.6. The maximum absolute atomic E-state index is 5.34. The first-order valence-electron chi connectivity index (χ1n) is 19.4. The number of hydrogen-bond donors (Lipinski definition) is 0. The number of fused-ring (bicyclic) bond motifs is 9. The van der Waals surface area contributed by atoms with Gasteiger partial charge >= 0.3 is 0 Å². The normalized spacial score (nSPS) is 11.9. The summed E-state index contributed by atoms with van der Waals surface area (Å²) in [5, 5.41) is 7.46. The fraction of sp³-hybridized carbons (Fsp3) is 0. The molecule has 12 rings (SSSR count). The van der Waals surface area contributed by atoms with Gasteiger partial charge in [-0.05, 0) is 54.1 Å². The standard InChI is InChI=1S/C53H33N3S/c1-3-17-34(18-4-1)42-31-36(32-43(54-42)35-19-5-2-6-20-35)51-48(55-44-26-12-7-21-37(44)38-22-8-13-27-45(38)55)33-49(53-52(51)41-25-11-16-30-50(41)57-53)56-46-28-14-9-23-39(46)40-24-10-15-29-47(40)56/h1-33H. The number of thiophene rings is 1. The predicted molar refractivity (Wildman–Crippen MR) is 242 cm³/mol. The third kappa shape index (κ3) is 4.88. The van der Waals surface area contributed by atoms with Gasteiger partial charge in [0.25, 0.3) is 0 Å². The Balaban J connectivity index is 1.32. The molecule has 4 heteroatoms. The van der Waals surface area contributed by atoms with Crippen molar-refractivity contribution in [3.05, 3.63) is 200 Å². The molecule has 8 aromatic carbocycles. The SMILES string of the molecule is c1ccc(-c2cc(-c3c(-n4c5ccccc5c5ccccc54)cc(-n4c5ccccc5c5ccccc54)c4sc5ccccc5c34)cc(-c3ccccc3)n2)cc1. The number of rotatable bonds is 5. The van der Waals surface area contributed by atoms with Gasteiger partial charge < -0.3 is 9.13 Å². The number of benzene rings is 8. The molecule has 0 unspecified atom stereocenters. The molecule has 266 valence electrons. The van der Waals surface area contributed by atoms with Crippen molar-refractivity contribution in [2.45, 2.75) is 0 Å². The molecule has 0 atom stereocenters. The molecule has 0 radical (unpaired) electrons. The van der Waals surface area contributed by atoms with E-state index in [1.807, 2.05) is 11.3 Å². The summed E-state index contributed by atoms with van der Waals surface area (Å²) in [6.07, 6.45) is 0. The lowest BCUT2D eigenvalue weighted by Gasteiger charge is -2.21. The summed E-state index contributed by atoms with van der Waals surface area (Å²) in [4.78, 5) is 5.34. The van der Waals surface area contributed by atoms with Gasteiger partial charge in [-0.1, -0.05) is 152 Å². The zero-order valence-electron chi connectivity index (χ0n) is 30.8. The summed E-state index contributed by atoms with van der Waals surface area (Å²) in [5.74, 6) is 0. The topological polar surface area (TPSA) is 22.8 Å². The molecule has 0 saturated carbocycles. The van der Waals surface area contributed by atoms with Crippen LogP contribution in [0, 0.1) is 0 Å². The lowest BCUT2D eigenvalue weighted by molar-refractivity contribution is 1.15. The fourth-order valence-electron chi connectivity index (χ4n) is 9.06. The molecule has 3 nitrogen and oxygen atoms in total. The second kappa shape index (κ2) is 12.6. The van der Waals surface area contributed by atoms with Gasteiger partial charge in [0.05, 0.1) is 49.5 Å². The van der Waals surface area contributed by atoms with Crippen LogP contribution >= 0.6 is 11.3 Å². The van der Waals surface area contributed by atoms with Gasteiger partial charge in [-0.15, -0.1) is 11.3 Å². The molecule has 0 aliphatic rings. The highest BCUT2D eigenvalue weighted by atomic mass is 32.1. The first kappa shape index (κ1) is 32.0. The molecular weight excluding hydrogens is 711 g/mol. The van der Waals surface area contributed by atoms with Crippen LogP contribution in [0.2, 0.25) is 0 Å². The number of pyridine rings is 1. The van der Waals surface area contributed by atoms with E-state index < -0.39 is 0 Å². The van der Waals surface area contributed by atoms with Crippen LogP contribution in [0.25, 0.3) is 109 Å². The van der Waals surface area contributed by atoms with E-state index in [0.29, 0.717) is 0 Å². The Morgan fingerprint density at radius 1 is 0.351 bits per heavy atom. The Morgan fingerprint density at radius 2 is 0.754 bits per heavy atom. The average molecular weight is 744 g/mol. The molecule has 0 spiro atoms. The van der Waals surface area contributed by atoms with E-state index >= 15 is 0 Å². The molecule has 0 amide bonds. The van der Waals surface area contributed by atoms with Crippen LogP contribution in [-0.2, 0) is 0 Å². The van der Waals surface area contributed by atoms with Gasteiger partial charge in [0.15, 0.2) is 0 Å². The van der Waals surface area contributed by atoms with E-state index in [0.717, 1.165) is 33.8 Å². The first-order valence-corrected chi connectivity index (χ1v) is 20.2. The molecule has 0 bridgehead atoms. The van der Waals surface area contributed by atoms with E-state index in [1.54, 1.807) is 0 Å². The Bertz CT molecular complexity index is 3350. The van der Waals surface area contributed by atoms with Crippen molar-refractivity contribution in [3.8, 4) is 45.0 Å². The lowest BCUT2D eigenvalue weighted by atomic mass is 9.94. The minimum absolute atomic E-state index is 0.944. The third-order valence-electron chi connectivity index (χ3n) is 11.5. The van der Waals surface area contributed by atoms with Crippen LogP contribution < -0.4 is 0 Å². The second-order valence-electron chi connectivity index (χ2n) is 14.7. The van der Waals surface area contributed by atoms with Gasteiger partial charge in [-0.3, -0.25) is 0 Å². The van der Waals surface area contributed by atoms with E-state index in [1.165, 1.54) is 75.0 Å². The highest BCUT2D eigenvalue weighted by Crippen LogP contribution is 2.50. The Labute approximate surface area is 333 Å². The van der Waals surface area contributed by atoms with E-state index in [2.05, 4.69) is 209 Å². The molecule has 0 aliphatic heterocycles. The predicted octanol–water partition coefficient (Wildman–Crippen LogP) is 14.6. The van der Waals surface area contributed by atoms with Crippen molar-refractivity contribution in [3.63, 3.8) is 0 Å². The Kier molecular flexibility index (Phi) is 7.10. The molecule has 0 aliphatic carbocycles. The van der Waals surface area contributed by atoms with E-state index in [4.69, 9.17) is 4.98 Å². The van der Waals surface area contributed by atoms with Crippen molar-refractivity contribution in [2.75, 3.05) is 0 Å². The van der Waals surface area contributed by atoms with Gasteiger partial charge in [0, 0.05) is 53.7 Å². The second-order valence-corrected chi connectivity index (χ2v) is 15.7. The van der Waals surface area contributed by atoms with Crippen molar-refractivity contribution in [1.82, 2.24) is 14.1 Å². The highest BCUT2D eigenvalue weighted by Gasteiger charge is 2.26. The number of para-hydroxylation sites is 4. The average Bonchev–Trinajstić information content (AvgIpc) is 3.95. The molecule has 57 heavy (non-hydrogen) atoms. The van der Waals surface area contributed by atoms with Gasteiger partial charge in [0.2, 0.25) is 0 Å². The van der Waals surface area contributed by atoms with Crippen molar-refractivity contribution in [1.29, 1.82) is 0 Å². The molecular formula is C53H33N3S. The first-order chi connectivity index (χ1) is 28.3. The fourth-order valence-corrected chi connectivity index (χ4v) is 10.3. The zero-order chi connectivity index (χ0) is 37.5. The molecule has 0 saturated heterocycles. The largest absolute Gasteiger partial charge is 0.309 e. The van der Waals surface area contributed by atoms with Crippen LogP contribution in [0.3, 0.4) is 0 Å². The quantitative estimate of drug-likeness (QED) is 0.172. The van der Waals surface area contributed by atoms with Crippen LogP contribution in [0.5, 0.6) is 0 Å². The van der Waals surface area contributed by atoms with Crippen LogP contribution in [0.1, 0.15) is 0 Å². The Morgan fingerprint density at radius 3 is 1.25 bits per heavy atom. The van der Waals surface area contributed by atoms with Gasteiger partial charge in [-0.25, -0.2) is 4.98 Å². The maximum atomic E-state index is 5.34. The smallest absolute Gasteiger partial charge is 0.0715 e. The zero-order valence-corrected chi connectivity index (χ0v) is 31.6. The van der Waals surface area contributed by atoms with Crippen molar-refractivity contribution < 1.29 is 0 Å². The number of nitrogens with zero attached hydrogens (tertiary/aromatic N) is 3. The van der Waals surface area contributed by atoms with E-state index in [-0.39, 0.29) is 0 Å². The molecule has 0 N–H and O–H groups in total. The maximum Gasteiger partial charge on any atom is 0.0715 e. The molecule has 12 aromatic rings. The summed E-state index contributed by atoms with van der Waals surface area (Å²) in [7, 11) is 0. The molecule has 4 heterocycles. The van der Waals surface area contributed by atoms with Crippen LogP contribution in [0.4, 0.5) is 0 Å². The summed E-state index contributed by atoms with van der Waals surface area (Å²) >= 11 is 1.88. The minimum atomic E-state index is 0.944. The van der Waals surface area contributed by atoms with Crippen molar-refractivity contribution in [2.24, 2.45) is 0 Å². The molecule has 4 aromatic heterocycles. The van der Waals surface area contributed by atoms with Crippen molar-refractivity contribution >= 4 is 75.1 Å². The van der Waals surface area contributed by atoms with Crippen LogP contribution in [-0.4, -0.2) is 14.1 Å². The number of hydrogen-bond acceptors (Lipinski definition) is 2. The molecule has 0 fully saturated rings. The minimum Gasteiger partial charge on any atom is -0.309 e. The van der Waals surface area contributed by atoms with Gasteiger partial charge in [-0.2, -0.15) is 0 Å². The third-order valence-corrected chi connectivity index (χ3v) is 12.7. The Hall–Kier alpha value is -7.27.